The van der Waals surface area contributed by atoms with E-state index in [1.807, 2.05) is 79.0 Å². The maximum Gasteiger partial charge on any atom is 0.307 e. The second kappa shape index (κ2) is 9.04. The van der Waals surface area contributed by atoms with Crippen molar-refractivity contribution in [2.45, 2.75) is 20.3 Å². The first-order valence-electron chi connectivity index (χ1n) is 10.9. The Balaban J connectivity index is 1.34. The maximum absolute atomic E-state index is 11.6. The first-order valence-corrected chi connectivity index (χ1v) is 12.1. The summed E-state index contributed by atoms with van der Waals surface area (Å²) < 4.78 is 2.90. The summed E-state index contributed by atoms with van der Waals surface area (Å²) in [6.07, 6.45) is 2.24. The minimum Gasteiger partial charge on any atom is -0.481 e. The summed E-state index contributed by atoms with van der Waals surface area (Å²) >= 11 is 7.63. The number of fused-ring (bicyclic) bond motifs is 2. The molecule has 0 bridgehead atoms. The smallest absolute Gasteiger partial charge is 0.307 e. The van der Waals surface area contributed by atoms with Crippen LogP contribution in [-0.2, 0) is 11.2 Å². The predicted octanol–water partition coefficient (Wildman–Crippen LogP) is 6.30. The van der Waals surface area contributed by atoms with Crippen LogP contribution in [0.4, 0.5) is 10.8 Å². The Bertz CT molecular complexity index is 1490. The number of nitrogens with zero attached hydrogens (tertiary/aromatic N) is 4. The molecule has 0 saturated heterocycles. The zero-order valence-electron chi connectivity index (χ0n) is 18.6. The van der Waals surface area contributed by atoms with Crippen LogP contribution in [0.15, 0.2) is 60.8 Å². The van der Waals surface area contributed by atoms with E-state index in [2.05, 4.69) is 20.5 Å². The average Bonchev–Trinajstić information content (AvgIpc) is 3.39. The molecular weight excluding hydrogens is 470 g/mol. The molecule has 2 N–H and O–H groups in total. The van der Waals surface area contributed by atoms with Gasteiger partial charge in [-0.25, -0.2) is 4.98 Å². The van der Waals surface area contributed by atoms with Crippen molar-refractivity contribution in [3.63, 3.8) is 0 Å². The number of anilines is 2. The highest BCUT2D eigenvalue weighted by Crippen LogP contribution is 2.31. The van der Waals surface area contributed by atoms with Crippen molar-refractivity contribution in [2.75, 3.05) is 5.32 Å². The molecule has 2 aromatic carbocycles. The standard InChI is InChI=1S/C25H22ClN5O2S/c1-14(2)19(24(32)33)13-23-30-29-22-11-16(9-10-31(22)23)15-3-6-18(7-4-15)27-25-28-20-8-5-17(26)12-21(20)34-25/h3-12,14,19H,13H2,1-2H3,(H,27,28)(H,32,33)/t19-/m0/s1. The number of hydrogen-bond acceptors (Lipinski definition) is 6. The zero-order chi connectivity index (χ0) is 23.8. The van der Waals surface area contributed by atoms with E-state index in [1.165, 1.54) is 0 Å². The quantitative estimate of drug-likeness (QED) is 0.277. The monoisotopic (exact) mass is 491 g/mol. The third-order valence-electron chi connectivity index (χ3n) is 5.82. The van der Waals surface area contributed by atoms with Crippen LogP contribution in [0.5, 0.6) is 0 Å². The molecule has 34 heavy (non-hydrogen) atoms. The number of aromatic nitrogens is 4. The van der Waals surface area contributed by atoms with Crippen molar-refractivity contribution in [1.82, 2.24) is 19.6 Å². The molecule has 0 aliphatic heterocycles. The van der Waals surface area contributed by atoms with Gasteiger partial charge in [0.1, 0.15) is 5.82 Å². The van der Waals surface area contributed by atoms with Crippen molar-refractivity contribution >= 4 is 55.6 Å². The van der Waals surface area contributed by atoms with Crippen LogP contribution in [0.25, 0.3) is 27.0 Å². The minimum atomic E-state index is -0.813. The summed E-state index contributed by atoms with van der Waals surface area (Å²) in [6.45, 7) is 3.82. The molecule has 0 aliphatic carbocycles. The Morgan fingerprint density at radius 1 is 1.09 bits per heavy atom. The fraction of sp³-hybridized carbons (Fsp3) is 0.200. The van der Waals surface area contributed by atoms with E-state index in [-0.39, 0.29) is 5.92 Å². The molecule has 0 aliphatic rings. The van der Waals surface area contributed by atoms with Crippen molar-refractivity contribution in [2.24, 2.45) is 11.8 Å². The van der Waals surface area contributed by atoms with E-state index in [9.17, 15) is 9.90 Å². The van der Waals surface area contributed by atoms with E-state index in [0.29, 0.717) is 22.9 Å². The van der Waals surface area contributed by atoms with Gasteiger partial charge in [-0.1, -0.05) is 48.9 Å². The van der Waals surface area contributed by atoms with Gasteiger partial charge in [-0.2, -0.15) is 0 Å². The van der Waals surface area contributed by atoms with E-state index in [0.717, 1.165) is 32.2 Å². The average molecular weight is 492 g/mol. The van der Waals surface area contributed by atoms with Crippen LogP contribution in [-0.4, -0.2) is 30.7 Å². The van der Waals surface area contributed by atoms with E-state index >= 15 is 0 Å². The number of pyridine rings is 1. The van der Waals surface area contributed by atoms with Crippen molar-refractivity contribution in [3.8, 4) is 11.1 Å². The third-order valence-corrected chi connectivity index (χ3v) is 6.99. The van der Waals surface area contributed by atoms with E-state index in [1.54, 1.807) is 11.3 Å². The molecule has 0 radical (unpaired) electrons. The molecule has 0 saturated carbocycles. The summed E-state index contributed by atoms with van der Waals surface area (Å²) in [5.41, 5.74) is 4.59. The molecule has 5 rings (SSSR count). The lowest BCUT2D eigenvalue weighted by molar-refractivity contribution is -0.143. The van der Waals surface area contributed by atoms with Crippen LogP contribution >= 0.6 is 22.9 Å². The second-order valence-electron chi connectivity index (χ2n) is 8.49. The van der Waals surface area contributed by atoms with Gasteiger partial charge in [0.05, 0.1) is 16.1 Å². The number of carboxylic acids is 1. The number of thiazole rings is 1. The van der Waals surface area contributed by atoms with Crippen molar-refractivity contribution in [1.29, 1.82) is 0 Å². The number of carboxylic acid groups (broad SMARTS) is 1. The number of halogens is 1. The Labute approximate surface area is 205 Å². The lowest BCUT2D eigenvalue weighted by atomic mass is 9.92. The van der Waals surface area contributed by atoms with Crippen LogP contribution in [0, 0.1) is 11.8 Å². The zero-order valence-corrected chi connectivity index (χ0v) is 20.1. The molecular formula is C25H22ClN5O2S. The van der Waals surface area contributed by atoms with Gasteiger partial charge in [0.2, 0.25) is 0 Å². The molecule has 1 atom stereocenters. The molecule has 0 fully saturated rings. The lowest BCUT2D eigenvalue weighted by Crippen LogP contribution is -2.23. The first-order chi connectivity index (χ1) is 16.4. The van der Waals surface area contributed by atoms with Crippen molar-refractivity contribution in [3.05, 3.63) is 71.6 Å². The Morgan fingerprint density at radius 2 is 1.88 bits per heavy atom. The number of nitrogens with one attached hydrogen (secondary N) is 1. The highest BCUT2D eigenvalue weighted by atomic mass is 35.5. The van der Waals surface area contributed by atoms with Crippen LogP contribution in [0.3, 0.4) is 0 Å². The predicted molar refractivity (Wildman–Crippen MR) is 136 cm³/mol. The van der Waals surface area contributed by atoms with Gasteiger partial charge in [0.15, 0.2) is 10.8 Å². The second-order valence-corrected chi connectivity index (χ2v) is 9.95. The maximum atomic E-state index is 11.6. The topological polar surface area (TPSA) is 92.4 Å². The normalized spacial score (nSPS) is 12.5. The summed E-state index contributed by atoms with van der Waals surface area (Å²) in [5.74, 6) is -0.651. The SMILES string of the molecule is CC(C)[C@H](Cc1nnc2cc(-c3ccc(Nc4nc5ccc(Cl)cc5s4)cc3)ccn12)C(=O)O. The summed E-state index contributed by atoms with van der Waals surface area (Å²) in [4.78, 5) is 16.2. The van der Waals surface area contributed by atoms with Crippen LogP contribution in [0.1, 0.15) is 19.7 Å². The molecule has 5 aromatic rings. The molecule has 7 nitrogen and oxygen atoms in total. The summed E-state index contributed by atoms with van der Waals surface area (Å²) in [5, 5.41) is 22.9. The number of benzene rings is 2. The number of aliphatic carboxylic acids is 1. The van der Waals surface area contributed by atoms with Gasteiger partial charge >= 0.3 is 5.97 Å². The van der Waals surface area contributed by atoms with Gasteiger partial charge in [-0.15, -0.1) is 10.2 Å². The number of hydrogen-bond donors (Lipinski definition) is 2. The van der Waals surface area contributed by atoms with E-state index in [4.69, 9.17) is 11.6 Å². The van der Waals surface area contributed by atoms with E-state index < -0.39 is 11.9 Å². The van der Waals surface area contributed by atoms with Gasteiger partial charge in [0.25, 0.3) is 0 Å². The fourth-order valence-electron chi connectivity index (χ4n) is 3.89. The molecule has 172 valence electrons. The highest BCUT2D eigenvalue weighted by molar-refractivity contribution is 7.22. The molecule has 0 amide bonds. The first kappa shape index (κ1) is 22.3. The Hall–Kier alpha value is -3.49. The summed E-state index contributed by atoms with van der Waals surface area (Å²) in [7, 11) is 0. The molecule has 0 unspecified atom stereocenters. The van der Waals surface area contributed by atoms with Gasteiger partial charge in [-0.3, -0.25) is 9.20 Å². The third kappa shape index (κ3) is 4.47. The Kier molecular flexibility index (Phi) is 5.93. The molecule has 3 aromatic heterocycles. The Morgan fingerprint density at radius 3 is 2.62 bits per heavy atom. The molecule has 0 spiro atoms. The van der Waals surface area contributed by atoms with Gasteiger partial charge in [-0.05, 0) is 59.5 Å². The fourth-order valence-corrected chi connectivity index (χ4v) is 5.05. The van der Waals surface area contributed by atoms with Crippen LogP contribution < -0.4 is 5.32 Å². The highest BCUT2D eigenvalue weighted by Gasteiger charge is 2.24. The number of rotatable bonds is 7. The summed E-state index contributed by atoms with van der Waals surface area (Å²) in [6, 6.07) is 17.7. The van der Waals surface area contributed by atoms with Crippen LogP contribution in [0.2, 0.25) is 5.02 Å². The number of carbonyl (C=O) groups is 1. The minimum absolute atomic E-state index is 0.0109. The molecule has 3 heterocycles. The molecule has 9 heteroatoms. The van der Waals surface area contributed by atoms with Gasteiger partial charge in [0, 0.05) is 23.3 Å². The largest absolute Gasteiger partial charge is 0.481 e. The van der Waals surface area contributed by atoms with Crippen molar-refractivity contribution < 1.29 is 9.90 Å². The lowest BCUT2D eigenvalue weighted by Gasteiger charge is -2.14. The van der Waals surface area contributed by atoms with Gasteiger partial charge < -0.3 is 10.4 Å².